The Labute approximate surface area is 56.9 Å². The standard InChI is InChI=1S/C8H13N/c1-4-6-8(9)7(3)5-2/h1,5,7-8H,2,6,9H2,3H3. The molecule has 0 heterocycles. The van der Waals surface area contributed by atoms with Crippen molar-refractivity contribution in [1.82, 2.24) is 0 Å². The van der Waals surface area contributed by atoms with E-state index in [1.165, 1.54) is 0 Å². The van der Waals surface area contributed by atoms with Gasteiger partial charge in [0.1, 0.15) is 0 Å². The minimum absolute atomic E-state index is 0.0764. The second-order valence-corrected chi connectivity index (χ2v) is 2.17. The first-order chi connectivity index (χ1) is 4.22. The Morgan fingerprint density at radius 3 is 2.78 bits per heavy atom. The fourth-order valence-electron chi connectivity index (χ4n) is 0.497. The molecule has 0 aliphatic heterocycles. The van der Waals surface area contributed by atoms with Gasteiger partial charge in [-0.1, -0.05) is 13.0 Å². The molecule has 0 saturated carbocycles. The zero-order valence-electron chi connectivity index (χ0n) is 5.80. The van der Waals surface area contributed by atoms with Crippen molar-refractivity contribution in [3.8, 4) is 12.3 Å². The summed E-state index contributed by atoms with van der Waals surface area (Å²) in [6.45, 7) is 5.62. The molecular weight excluding hydrogens is 110 g/mol. The lowest BCUT2D eigenvalue weighted by Crippen LogP contribution is -2.25. The second-order valence-electron chi connectivity index (χ2n) is 2.17. The van der Waals surface area contributed by atoms with Crippen LogP contribution in [0.4, 0.5) is 0 Å². The highest BCUT2D eigenvalue weighted by Gasteiger charge is 2.05. The molecule has 0 saturated heterocycles. The van der Waals surface area contributed by atoms with Crippen LogP contribution in [0, 0.1) is 18.3 Å². The normalized spacial score (nSPS) is 15.7. The number of rotatable bonds is 3. The zero-order chi connectivity index (χ0) is 7.28. The predicted molar refractivity (Wildman–Crippen MR) is 40.8 cm³/mol. The molecule has 2 N–H and O–H groups in total. The highest BCUT2D eigenvalue weighted by Crippen LogP contribution is 2.03. The van der Waals surface area contributed by atoms with Crippen LogP contribution >= 0.6 is 0 Å². The summed E-state index contributed by atoms with van der Waals surface area (Å²) in [5, 5.41) is 0. The van der Waals surface area contributed by atoms with Crippen molar-refractivity contribution in [2.75, 3.05) is 0 Å². The Bertz CT molecular complexity index is 121. The molecule has 1 heteroatoms. The van der Waals surface area contributed by atoms with Crippen LogP contribution in [0.5, 0.6) is 0 Å². The lowest BCUT2D eigenvalue weighted by Gasteiger charge is -2.11. The van der Waals surface area contributed by atoms with Gasteiger partial charge in [0.05, 0.1) is 0 Å². The lowest BCUT2D eigenvalue weighted by atomic mass is 10.0. The second kappa shape index (κ2) is 4.17. The van der Waals surface area contributed by atoms with Crippen molar-refractivity contribution < 1.29 is 0 Å². The SMILES string of the molecule is C#CCC(N)C(C)C=C. The molecular formula is C8H13N. The predicted octanol–water partition coefficient (Wildman–Crippen LogP) is 1.16. The van der Waals surface area contributed by atoms with E-state index in [1.54, 1.807) is 0 Å². The van der Waals surface area contributed by atoms with Gasteiger partial charge in [-0.15, -0.1) is 18.9 Å². The molecule has 0 aromatic rings. The third-order valence-electron chi connectivity index (χ3n) is 1.40. The Kier molecular flexibility index (Phi) is 3.83. The van der Waals surface area contributed by atoms with Crippen LogP contribution in [0.2, 0.25) is 0 Å². The van der Waals surface area contributed by atoms with E-state index in [0.717, 1.165) is 0 Å². The van der Waals surface area contributed by atoms with Crippen LogP contribution in [0.25, 0.3) is 0 Å². The molecule has 0 fully saturated rings. The van der Waals surface area contributed by atoms with Crippen molar-refractivity contribution in [3.63, 3.8) is 0 Å². The van der Waals surface area contributed by atoms with E-state index in [9.17, 15) is 0 Å². The molecule has 9 heavy (non-hydrogen) atoms. The summed E-state index contributed by atoms with van der Waals surface area (Å²) in [6, 6.07) is 0.0764. The third kappa shape index (κ3) is 2.94. The van der Waals surface area contributed by atoms with Crippen molar-refractivity contribution in [2.45, 2.75) is 19.4 Å². The average Bonchev–Trinajstić information content (AvgIpc) is 1.87. The topological polar surface area (TPSA) is 26.0 Å². The minimum atomic E-state index is 0.0764. The van der Waals surface area contributed by atoms with Gasteiger partial charge in [0.15, 0.2) is 0 Å². The monoisotopic (exact) mass is 123 g/mol. The van der Waals surface area contributed by atoms with Gasteiger partial charge in [-0.2, -0.15) is 0 Å². The van der Waals surface area contributed by atoms with Crippen molar-refractivity contribution in [2.24, 2.45) is 11.7 Å². The number of hydrogen-bond acceptors (Lipinski definition) is 1. The zero-order valence-corrected chi connectivity index (χ0v) is 5.80. The summed E-state index contributed by atoms with van der Waals surface area (Å²) >= 11 is 0. The molecule has 0 radical (unpaired) electrons. The van der Waals surface area contributed by atoms with Gasteiger partial charge in [-0.25, -0.2) is 0 Å². The molecule has 0 aromatic heterocycles. The van der Waals surface area contributed by atoms with Crippen molar-refractivity contribution >= 4 is 0 Å². The van der Waals surface area contributed by atoms with Crippen LogP contribution in [-0.4, -0.2) is 6.04 Å². The molecule has 0 bridgehead atoms. The van der Waals surface area contributed by atoms with Crippen molar-refractivity contribution in [3.05, 3.63) is 12.7 Å². The van der Waals surface area contributed by atoms with Crippen LogP contribution < -0.4 is 5.73 Å². The molecule has 0 aliphatic rings. The Balaban J connectivity index is 3.60. The average molecular weight is 123 g/mol. The van der Waals surface area contributed by atoms with E-state index in [4.69, 9.17) is 12.2 Å². The first-order valence-corrected chi connectivity index (χ1v) is 3.04. The summed E-state index contributed by atoms with van der Waals surface area (Å²) in [7, 11) is 0. The van der Waals surface area contributed by atoms with Gasteiger partial charge in [-0.3, -0.25) is 0 Å². The number of terminal acetylenes is 1. The first-order valence-electron chi connectivity index (χ1n) is 3.04. The smallest absolute Gasteiger partial charge is 0.0244 e. The first kappa shape index (κ1) is 8.26. The van der Waals surface area contributed by atoms with Gasteiger partial charge < -0.3 is 5.73 Å². The Morgan fingerprint density at radius 1 is 1.89 bits per heavy atom. The van der Waals surface area contributed by atoms with E-state index >= 15 is 0 Å². The molecule has 0 rings (SSSR count). The Morgan fingerprint density at radius 2 is 2.44 bits per heavy atom. The highest BCUT2D eigenvalue weighted by molar-refractivity contribution is 4.94. The maximum atomic E-state index is 5.62. The quantitative estimate of drug-likeness (QED) is 0.442. The molecule has 2 atom stereocenters. The minimum Gasteiger partial charge on any atom is -0.326 e. The fourth-order valence-corrected chi connectivity index (χ4v) is 0.497. The molecule has 0 amide bonds. The third-order valence-corrected chi connectivity index (χ3v) is 1.40. The van der Waals surface area contributed by atoms with Gasteiger partial charge in [-0.05, 0) is 5.92 Å². The van der Waals surface area contributed by atoms with E-state index in [1.807, 2.05) is 13.0 Å². The maximum Gasteiger partial charge on any atom is 0.0244 e. The van der Waals surface area contributed by atoms with Gasteiger partial charge in [0, 0.05) is 12.5 Å². The number of nitrogens with two attached hydrogens (primary N) is 1. The Hall–Kier alpha value is -0.740. The molecule has 0 aromatic carbocycles. The van der Waals surface area contributed by atoms with Gasteiger partial charge in [0.25, 0.3) is 0 Å². The van der Waals surface area contributed by atoms with Crippen LogP contribution in [0.15, 0.2) is 12.7 Å². The van der Waals surface area contributed by atoms with E-state index in [2.05, 4.69) is 12.5 Å². The maximum absolute atomic E-state index is 5.62. The lowest BCUT2D eigenvalue weighted by molar-refractivity contribution is 0.552. The van der Waals surface area contributed by atoms with Crippen LogP contribution in [-0.2, 0) is 0 Å². The summed E-state index contributed by atoms with van der Waals surface area (Å²) < 4.78 is 0. The largest absolute Gasteiger partial charge is 0.326 e. The number of hydrogen-bond donors (Lipinski definition) is 1. The molecule has 1 nitrogen and oxygen atoms in total. The van der Waals surface area contributed by atoms with Crippen molar-refractivity contribution in [1.29, 1.82) is 0 Å². The van der Waals surface area contributed by atoms with Gasteiger partial charge >= 0.3 is 0 Å². The summed E-state index contributed by atoms with van der Waals surface area (Å²) in [6.07, 6.45) is 7.51. The summed E-state index contributed by atoms with van der Waals surface area (Å²) in [4.78, 5) is 0. The summed E-state index contributed by atoms with van der Waals surface area (Å²) in [5.74, 6) is 2.83. The summed E-state index contributed by atoms with van der Waals surface area (Å²) in [5.41, 5.74) is 5.62. The van der Waals surface area contributed by atoms with E-state index in [0.29, 0.717) is 12.3 Å². The molecule has 0 aliphatic carbocycles. The molecule has 2 unspecified atom stereocenters. The van der Waals surface area contributed by atoms with Gasteiger partial charge in [0.2, 0.25) is 0 Å². The molecule has 0 spiro atoms. The highest BCUT2D eigenvalue weighted by atomic mass is 14.6. The fraction of sp³-hybridized carbons (Fsp3) is 0.500. The molecule has 50 valence electrons. The van der Waals surface area contributed by atoms with Crippen LogP contribution in [0.1, 0.15) is 13.3 Å². The van der Waals surface area contributed by atoms with E-state index < -0.39 is 0 Å². The van der Waals surface area contributed by atoms with E-state index in [-0.39, 0.29) is 6.04 Å². The van der Waals surface area contributed by atoms with Crippen LogP contribution in [0.3, 0.4) is 0 Å².